The van der Waals surface area contributed by atoms with Crippen LogP contribution in [0, 0.1) is 0 Å². The highest BCUT2D eigenvalue weighted by molar-refractivity contribution is 6.33. The predicted octanol–water partition coefficient (Wildman–Crippen LogP) is 5.67. The van der Waals surface area contributed by atoms with E-state index in [9.17, 15) is 8.78 Å². The summed E-state index contributed by atoms with van der Waals surface area (Å²) in [6.45, 7) is 3.43. The van der Waals surface area contributed by atoms with E-state index in [0.717, 1.165) is 30.7 Å². The van der Waals surface area contributed by atoms with E-state index in [4.69, 9.17) is 16.6 Å². The summed E-state index contributed by atoms with van der Waals surface area (Å²) in [4.78, 5) is 13.6. The molecule has 0 bridgehead atoms. The smallest absolute Gasteiger partial charge is 0.387 e. The zero-order valence-electron chi connectivity index (χ0n) is 15.4. The Morgan fingerprint density at radius 1 is 1.15 bits per heavy atom. The Balaban J connectivity index is 2.16. The molecule has 5 nitrogen and oxygen atoms in total. The van der Waals surface area contributed by atoms with Crippen LogP contribution in [-0.2, 0) is 6.42 Å². The molecule has 0 aliphatic heterocycles. The van der Waals surface area contributed by atoms with Crippen molar-refractivity contribution in [2.75, 3.05) is 0 Å². The fraction of sp³-hybridized carbons (Fsp3) is 0.421. The highest BCUT2D eigenvalue weighted by atomic mass is 35.5. The minimum absolute atomic E-state index is 0.000793. The topological polar surface area (TPSA) is 52.8 Å². The summed E-state index contributed by atoms with van der Waals surface area (Å²) in [6, 6.07) is 4.71. The van der Waals surface area contributed by atoms with E-state index in [1.165, 1.54) is 18.5 Å². The summed E-state index contributed by atoms with van der Waals surface area (Å²) in [5.74, 6) is 0.940. The molecule has 2 aromatic heterocycles. The molecule has 8 heteroatoms. The summed E-state index contributed by atoms with van der Waals surface area (Å²) >= 11 is 6.33. The summed E-state index contributed by atoms with van der Waals surface area (Å²) < 4.78 is 31.4. The molecule has 2 heterocycles. The van der Waals surface area contributed by atoms with Gasteiger partial charge in [0.15, 0.2) is 5.65 Å². The largest absolute Gasteiger partial charge is 0.435 e. The van der Waals surface area contributed by atoms with Gasteiger partial charge in [0.1, 0.15) is 29.1 Å². The highest BCUT2D eigenvalue weighted by Gasteiger charge is 2.21. The van der Waals surface area contributed by atoms with Crippen LogP contribution < -0.4 is 4.74 Å². The monoisotopic (exact) mass is 394 g/mol. The van der Waals surface area contributed by atoms with E-state index < -0.39 is 6.61 Å². The first-order valence-corrected chi connectivity index (χ1v) is 9.34. The number of imidazole rings is 1. The minimum Gasteiger partial charge on any atom is -0.435 e. The van der Waals surface area contributed by atoms with Gasteiger partial charge < -0.3 is 9.30 Å². The second-order valence-corrected chi connectivity index (χ2v) is 6.54. The zero-order valence-corrected chi connectivity index (χ0v) is 16.2. The van der Waals surface area contributed by atoms with Crippen molar-refractivity contribution >= 4 is 22.8 Å². The van der Waals surface area contributed by atoms with Crippen LogP contribution >= 0.6 is 11.6 Å². The van der Waals surface area contributed by atoms with Crippen LogP contribution in [0.1, 0.15) is 45.5 Å². The predicted molar refractivity (Wildman–Crippen MR) is 101 cm³/mol. The number of nitrogens with zero attached hydrogens (tertiary/aromatic N) is 4. The van der Waals surface area contributed by atoms with E-state index in [0.29, 0.717) is 22.8 Å². The van der Waals surface area contributed by atoms with Crippen LogP contribution in [-0.4, -0.2) is 26.1 Å². The highest BCUT2D eigenvalue weighted by Crippen LogP contribution is 2.35. The van der Waals surface area contributed by atoms with Gasteiger partial charge in [0.05, 0.1) is 5.02 Å². The van der Waals surface area contributed by atoms with E-state index in [2.05, 4.69) is 40.0 Å². The first-order valence-electron chi connectivity index (χ1n) is 8.96. The standard InChI is InChI=1S/C19H21ClF2N4O/c1-4-11(5-2)26-15(6-3)25-17-16(23-10-24-18(17)26)13-8-7-12(9-14(13)20)27-19(21)22/h7-11,19H,4-6H2,1-3H3. The summed E-state index contributed by atoms with van der Waals surface area (Å²) in [6.07, 6.45) is 4.18. The second kappa shape index (κ2) is 8.17. The number of benzene rings is 1. The SMILES string of the molecule is CCc1nc2c(-c3ccc(OC(F)F)cc3Cl)ncnc2n1C(CC)CC. The molecule has 3 aromatic rings. The molecule has 0 unspecified atom stereocenters. The molecule has 0 aliphatic carbocycles. The Morgan fingerprint density at radius 3 is 2.48 bits per heavy atom. The molecule has 1 aromatic carbocycles. The maximum absolute atomic E-state index is 12.4. The summed E-state index contributed by atoms with van der Waals surface area (Å²) in [5.41, 5.74) is 2.59. The van der Waals surface area contributed by atoms with Crippen molar-refractivity contribution in [2.45, 2.75) is 52.7 Å². The van der Waals surface area contributed by atoms with Gasteiger partial charge in [-0.3, -0.25) is 0 Å². The molecule has 0 atom stereocenters. The van der Waals surface area contributed by atoms with E-state index in [1.807, 2.05) is 0 Å². The molecule has 0 aliphatic rings. The molecule has 0 N–H and O–H groups in total. The minimum atomic E-state index is -2.90. The Bertz CT molecular complexity index is 941. The first-order chi connectivity index (χ1) is 13.0. The van der Waals surface area contributed by atoms with Crippen LogP contribution in [0.5, 0.6) is 5.75 Å². The van der Waals surface area contributed by atoms with Crippen molar-refractivity contribution in [1.29, 1.82) is 0 Å². The summed E-state index contributed by atoms with van der Waals surface area (Å²) in [7, 11) is 0. The van der Waals surface area contributed by atoms with Crippen molar-refractivity contribution < 1.29 is 13.5 Å². The Hall–Kier alpha value is -2.28. The van der Waals surface area contributed by atoms with Gasteiger partial charge in [0.2, 0.25) is 0 Å². The van der Waals surface area contributed by atoms with Gasteiger partial charge in [0, 0.05) is 18.0 Å². The lowest BCUT2D eigenvalue weighted by molar-refractivity contribution is -0.0498. The number of hydrogen-bond acceptors (Lipinski definition) is 4. The third-order valence-corrected chi connectivity index (χ3v) is 4.91. The van der Waals surface area contributed by atoms with Crippen molar-refractivity contribution in [3.8, 4) is 17.0 Å². The van der Waals surface area contributed by atoms with Crippen molar-refractivity contribution in [3.05, 3.63) is 35.4 Å². The van der Waals surface area contributed by atoms with Crippen LogP contribution in [0.3, 0.4) is 0 Å². The number of alkyl halides is 2. The average molecular weight is 395 g/mol. The molecule has 0 amide bonds. The number of fused-ring (bicyclic) bond motifs is 1. The molecular weight excluding hydrogens is 374 g/mol. The Kier molecular flexibility index (Phi) is 5.89. The number of halogens is 3. The molecule has 0 radical (unpaired) electrons. The van der Waals surface area contributed by atoms with Crippen molar-refractivity contribution in [3.63, 3.8) is 0 Å². The fourth-order valence-corrected chi connectivity index (χ4v) is 3.56. The third-order valence-electron chi connectivity index (χ3n) is 4.59. The van der Waals surface area contributed by atoms with Gasteiger partial charge in [0.25, 0.3) is 0 Å². The molecule has 144 valence electrons. The number of ether oxygens (including phenoxy) is 1. The number of rotatable bonds is 7. The Morgan fingerprint density at radius 2 is 1.89 bits per heavy atom. The van der Waals surface area contributed by atoms with E-state index in [-0.39, 0.29) is 10.8 Å². The van der Waals surface area contributed by atoms with Gasteiger partial charge >= 0.3 is 6.61 Å². The maximum atomic E-state index is 12.4. The van der Waals surface area contributed by atoms with Gasteiger partial charge in [-0.1, -0.05) is 32.4 Å². The summed E-state index contributed by atoms with van der Waals surface area (Å²) in [5, 5.41) is 0.267. The molecule has 0 saturated heterocycles. The van der Waals surface area contributed by atoms with E-state index in [1.54, 1.807) is 6.07 Å². The van der Waals surface area contributed by atoms with Gasteiger partial charge in [-0.15, -0.1) is 0 Å². The van der Waals surface area contributed by atoms with Crippen molar-refractivity contribution in [2.24, 2.45) is 0 Å². The number of hydrogen-bond donors (Lipinski definition) is 0. The lowest BCUT2D eigenvalue weighted by atomic mass is 10.1. The van der Waals surface area contributed by atoms with Crippen LogP contribution in [0.15, 0.2) is 24.5 Å². The lowest BCUT2D eigenvalue weighted by Crippen LogP contribution is -2.11. The molecule has 0 saturated carbocycles. The lowest BCUT2D eigenvalue weighted by Gasteiger charge is -2.17. The Labute approximate surface area is 161 Å². The molecule has 0 fully saturated rings. The number of aromatic nitrogens is 4. The van der Waals surface area contributed by atoms with Crippen LogP contribution in [0.2, 0.25) is 5.02 Å². The number of aryl methyl sites for hydroxylation is 1. The van der Waals surface area contributed by atoms with Gasteiger partial charge in [-0.25, -0.2) is 15.0 Å². The molecule has 3 rings (SSSR count). The second-order valence-electron chi connectivity index (χ2n) is 6.14. The average Bonchev–Trinajstić information content (AvgIpc) is 3.01. The third kappa shape index (κ3) is 3.74. The quantitative estimate of drug-likeness (QED) is 0.518. The van der Waals surface area contributed by atoms with E-state index >= 15 is 0 Å². The maximum Gasteiger partial charge on any atom is 0.387 e. The normalized spacial score (nSPS) is 11.7. The van der Waals surface area contributed by atoms with Crippen LogP contribution in [0.25, 0.3) is 22.4 Å². The van der Waals surface area contributed by atoms with Gasteiger partial charge in [-0.05, 0) is 31.0 Å². The van der Waals surface area contributed by atoms with Crippen molar-refractivity contribution in [1.82, 2.24) is 19.5 Å². The van der Waals surface area contributed by atoms with Crippen LogP contribution in [0.4, 0.5) is 8.78 Å². The molecule has 27 heavy (non-hydrogen) atoms. The zero-order chi connectivity index (χ0) is 19.6. The molecular formula is C19H21ClF2N4O. The van der Waals surface area contributed by atoms with Gasteiger partial charge in [-0.2, -0.15) is 8.78 Å². The molecule has 0 spiro atoms. The fourth-order valence-electron chi connectivity index (χ4n) is 3.30. The first kappa shape index (κ1) is 19.5.